The number of carbonyl (C=O) groups excluding carboxylic acids is 4. The molecule has 0 spiro atoms. The first-order valence-electron chi connectivity index (χ1n) is 15.1. The van der Waals surface area contributed by atoms with Gasteiger partial charge in [0.2, 0.25) is 0 Å². The first-order valence-corrected chi connectivity index (χ1v) is 16.1. The molecular weight excluding hydrogens is 620 g/mol. The Kier molecular flexibility index (Phi) is 11.4. The summed E-state index contributed by atoms with van der Waals surface area (Å²) in [7, 11) is 0. The minimum absolute atomic E-state index is 0.00313. The van der Waals surface area contributed by atoms with E-state index < -0.39 is 60.3 Å². The van der Waals surface area contributed by atoms with E-state index in [2.05, 4.69) is 0 Å². The maximum Gasteiger partial charge on any atom is 0.338 e. The minimum atomic E-state index is -1.26. The summed E-state index contributed by atoms with van der Waals surface area (Å²) < 4.78 is 30.1. The third-order valence-corrected chi connectivity index (χ3v) is 8.33. The van der Waals surface area contributed by atoms with E-state index in [0.717, 1.165) is 0 Å². The molecule has 9 nitrogen and oxygen atoms in total. The summed E-state index contributed by atoms with van der Waals surface area (Å²) >= 11 is 1.35. The molecule has 0 bridgehead atoms. The van der Waals surface area contributed by atoms with E-state index in [1.165, 1.54) is 11.8 Å². The van der Waals surface area contributed by atoms with Crippen molar-refractivity contribution in [2.45, 2.75) is 48.9 Å². The average Bonchev–Trinajstić information content (AvgIpc) is 3.42. The molecular formula is C37H34O9S. The zero-order chi connectivity index (χ0) is 33.2. The standard InChI is InChI=1S/C37H34O9S/c1-24(2)47-37-32(45-36(41)28-21-13-6-14-22-28)31(44-35(40)27-19-11-5-12-20-27)30(46-37)29(43-34(39)26-17-9-4-10-18-26)23-42-33(38)25-15-7-3-8-16-25/h3-22,24,29-32,37H,23H2,1-2H3/t29-,30-,31-,32+,37-/m0/s1. The highest BCUT2D eigenvalue weighted by Gasteiger charge is 2.54. The van der Waals surface area contributed by atoms with Gasteiger partial charge in [-0.1, -0.05) is 86.6 Å². The van der Waals surface area contributed by atoms with Crippen LogP contribution in [0, 0.1) is 0 Å². The first-order chi connectivity index (χ1) is 22.8. The molecule has 1 aliphatic rings. The van der Waals surface area contributed by atoms with Crippen LogP contribution < -0.4 is 0 Å². The van der Waals surface area contributed by atoms with Gasteiger partial charge in [0, 0.05) is 5.25 Å². The highest BCUT2D eigenvalue weighted by molar-refractivity contribution is 8.00. The normalized spacial score (nSPS) is 19.4. The summed E-state index contributed by atoms with van der Waals surface area (Å²) in [5, 5.41) is 0.00313. The van der Waals surface area contributed by atoms with Crippen LogP contribution in [0.1, 0.15) is 55.3 Å². The predicted octanol–water partition coefficient (Wildman–Crippen LogP) is 6.39. The maximum atomic E-state index is 13.5. The smallest absolute Gasteiger partial charge is 0.338 e. The van der Waals surface area contributed by atoms with Crippen LogP contribution in [0.3, 0.4) is 0 Å². The van der Waals surface area contributed by atoms with Gasteiger partial charge in [-0.05, 0) is 48.5 Å². The van der Waals surface area contributed by atoms with Crippen LogP contribution in [0.25, 0.3) is 0 Å². The zero-order valence-corrected chi connectivity index (χ0v) is 26.6. The summed E-state index contributed by atoms with van der Waals surface area (Å²) in [5.74, 6) is -2.71. The van der Waals surface area contributed by atoms with Crippen LogP contribution >= 0.6 is 11.8 Å². The van der Waals surface area contributed by atoms with Crippen LogP contribution in [-0.4, -0.2) is 65.6 Å². The lowest BCUT2D eigenvalue weighted by Crippen LogP contribution is -2.47. The molecule has 1 saturated heterocycles. The second-order valence-electron chi connectivity index (χ2n) is 10.9. The van der Waals surface area contributed by atoms with E-state index in [9.17, 15) is 19.2 Å². The summed E-state index contributed by atoms with van der Waals surface area (Å²) in [6, 6.07) is 33.4. The topological polar surface area (TPSA) is 114 Å². The molecule has 1 fully saturated rings. The van der Waals surface area contributed by atoms with Crippen molar-refractivity contribution < 1.29 is 42.9 Å². The molecule has 0 N–H and O–H groups in total. The number of rotatable bonds is 12. The Bertz CT molecular complexity index is 1630. The monoisotopic (exact) mass is 654 g/mol. The molecule has 0 saturated carbocycles. The molecule has 4 aromatic carbocycles. The van der Waals surface area contributed by atoms with Gasteiger partial charge in [0.15, 0.2) is 18.3 Å². The Morgan fingerprint density at radius 2 is 1.00 bits per heavy atom. The van der Waals surface area contributed by atoms with E-state index in [4.69, 9.17) is 23.7 Å². The molecule has 0 amide bonds. The highest BCUT2D eigenvalue weighted by Crippen LogP contribution is 2.38. The molecule has 0 aliphatic carbocycles. The minimum Gasteiger partial charge on any atom is -0.458 e. The fourth-order valence-corrected chi connectivity index (χ4v) is 6.00. The fraction of sp³-hybridized carbons (Fsp3) is 0.243. The van der Waals surface area contributed by atoms with Gasteiger partial charge in [-0.3, -0.25) is 0 Å². The molecule has 47 heavy (non-hydrogen) atoms. The molecule has 242 valence electrons. The third kappa shape index (κ3) is 8.87. The summed E-state index contributed by atoms with van der Waals surface area (Å²) in [6.45, 7) is 3.45. The van der Waals surface area contributed by atoms with E-state index in [0.29, 0.717) is 11.1 Å². The van der Waals surface area contributed by atoms with Gasteiger partial charge < -0.3 is 23.7 Å². The van der Waals surface area contributed by atoms with Gasteiger partial charge in [-0.25, -0.2) is 19.2 Å². The van der Waals surface area contributed by atoms with Crippen molar-refractivity contribution in [2.24, 2.45) is 0 Å². The molecule has 5 rings (SSSR count). The number of hydrogen-bond acceptors (Lipinski definition) is 10. The molecule has 4 aromatic rings. The Hall–Kier alpha value is -4.93. The first kappa shape index (κ1) is 33.4. The number of carbonyl (C=O) groups is 4. The van der Waals surface area contributed by atoms with Crippen LogP contribution in [0.2, 0.25) is 0 Å². The molecule has 1 aliphatic heterocycles. The lowest BCUT2D eigenvalue weighted by molar-refractivity contribution is -0.0899. The molecule has 0 aromatic heterocycles. The Labute approximate surface area is 277 Å². The van der Waals surface area contributed by atoms with E-state index >= 15 is 0 Å². The van der Waals surface area contributed by atoms with Crippen molar-refractivity contribution in [3.8, 4) is 0 Å². The van der Waals surface area contributed by atoms with Crippen LogP contribution in [0.5, 0.6) is 0 Å². The molecule has 10 heteroatoms. The van der Waals surface area contributed by atoms with Gasteiger partial charge in [0.1, 0.15) is 18.1 Å². The van der Waals surface area contributed by atoms with Crippen molar-refractivity contribution in [1.29, 1.82) is 0 Å². The van der Waals surface area contributed by atoms with E-state index in [-0.39, 0.29) is 16.4 Å². The number of thioether (sulfide) groups is 1. The highest BCUT2D eigenvalue weighted by atomic mass is 32.2. The van der Waals surface area contributed by atoms with Crippen LogP contribution in [0.15, 0.2) is 121 Å². The maximum absolute atomic E-state index is 13.5. The number of esters is 4. The van der Waals surface area contributed by atoms with Gasteiger partial charge in [0.05, 0.1) is 22.3 Å². The molecule has 0 radical (unpaired) electrons. The molecule has 1 heterocycles. The van der Waals surface area contributed by atoms with Crippen LogP contribution in [0.4, 0.5) is 0 Å². The second-order valence-corrected chi connectivity index (χ2v) is 12.6. The largest absolute Gasteiger partial charge is 0.458 e. The van der Waals surface area contributed by atoms with E-state index in [1.54, 1.807) is 121 Å². The Balaban J connectivity index is 1.50. The number of hydrogen-bond donors (Lipinski definition) is 0. The third-order valence-electron chi connectivity index (χ3n) is 7.14. The van der Waals surface area contributed by atoms with Crippen molar-refractivity contribution >= 4 is 35.6 Å². The van der Waals surface area contributed by atoms with Gasteiger partial charge in [0.25, 0.3) is 0 Å². The van der Waals surface area contributed by atoms with Gasteiger partial charge in [-0.15, -0.1) is 11.8 Å². The summed E-state index contributed by atoms with van der Waals surface area (Å²) in [5.41, 5.74) is 0.267. The zero-order valence-electron chi connectivity index (χ0n) is 25.8. The van der Waals surface area contributed by atoms with Crippen molar-refractivity contribution in [2.75, 3.05) is 6.61 Å². The lowest BCUT2D eigenvalue weighted by atomic mass is 10.1. The Morgan fingerprint density at radius 3 is 1.45 bits per heavy atom. The lowest BCUT2D eigenvalue weighted by Gasteiger charge is -2.28. The quantitative estimate of drug-likeness (QED) is 0.126. The fourth-order valence-electron chi connectivity index (χ4n) is 4.91. The average molecular weight is 655 g/mol. The number of ether oxygens (including phenoxy) is 5. The Morgan fingerprint density at radius 1 is 0.596 bits per heavy atom. The van der Waals surface area contributed by atoms with E-state index in [1.807, 2.05) is 13.8 Å². The summed E-state index contributed by atoms with van der Waals surface area (Å²) in [6.07, 6.45) is -4.82. The van der Waals surface area contributed by atoms with Gasteiger partial charge in [-0.2, -0.15) is 0 Å². The number of benzene rings is 4. The molecule has 0 unspecified atom stereocenters. The second kappa shape index (κ2) is 16.1. The van der Waals surface area contributed by atoms with Gasteiger partial charge >= 0.3 is 23.9 Å². The molecule has 5 atom stereocenters. The van der Waals surface area contributed by atoms with Crippen molar-refractivity contribution in [3.05, 3.63) is 144 Å². The van der Waals surface area contributed by atoms with Crippen LogP contribution in [-0.2, 0) is 23.7 Å². The summed E-state index contributed by atoms with van der Waals surface area (Å²) in [4.78, 5) is 53.2. The van der Waals surface area contributed by atoms with Crippen molar-refractivity contribution in [3.63, 3.8) is 0 Å². The van der Waals surface area contributed by atoms with Crippen molar-refractivity contribution in [1.82, 2.24) is 0 Å². The predicted molar refractivity (Wildman–Crippen MR) is 175 cm³/mol. The SMILES string of the molecule is CC(C)S[C@@H]1O[C@@H]([C@H](COC(=O)c2ccccc2)OC(=O)c2ccccc2)[C@H](OC(=O)c2ccccc2)[C@H]1OC(=O)c1ccccc1.